The van der Waals surface area contributed by atoms with Crippen molar-refractivity contribution in [3.05, 3.63) is 40.3 Å². The van der Waals surface area contributed by atoms with Gasteiger partial charge in [0.2, 0.25) is 0 Å². The third-order valence-electron chi connectivity index (χ3n) is 2.84. The fourth-order valence-electron chi connectivity index (χ4n) is 1.94. The first-order chi connectivity index (χ1) is 8.63. The van der Waals surface area contributed by atoms with Crippen LogP contribution in [-0.2, 0) is 6.42 Å². The van der Waals surface area contributed by atoms with Gasteiger partial charge in [0.25, 0.3) is 0 Å². The Hall–Kier alpha value is -1.68. The molecule has 94 valence electrons. The van der Waals surface area contributed by atoms with Crippen LogP contribution in [0.3, 0.4) is 0 Å². The predicted molar refractivity (Wildman–Crippen MR) is 75.5 cm³/mol. The normalized spacial score (nSPS) is 10.4. The maximum Gasteiger partial charge on any atom is 0.197 e. The zero-order valence-electron chi connectivity index (χ0n) is 10.8. The van der Waals surface area contributed by atoms with Crippen molar-refractivity contribution in [3.63, 3.8) is 0 Å². The lowest BCUT2D eigenvalue weighted by molar-refractivity contribution is 0.410. The first kappa shape index (κ1) is 12.8. The molecule has 18 heavy (non-hydrogen) atoms. The van der Waals surface area contributed by atoms with Crippen LogP contribution in [0.4, 0.5) is 0 Å². The summed E-state index contributed by atoms with van der Waals surface area (Å²) >= 11 is 5.11. The molecule has 0 saturated carbocycles. The molecule has 1 heterocycles. The molecule has 0 fully saturated rings. The molecule has 4 heteroatoms. The molecule has 3 nitrogen and oxygen atoms in total. The molecule has 0 unspecified atom stereocenters. The van der Waals surface area contributed by atoms with E-state index in [1.165, 1.54) is 5.56 Å². The predicted octanol–water partition coefficient (Wildman–Crippen LogP) is 3.69. The highest BCUT2D eigenvalue weighted by Gasteiger charge is 2.06. The number of aryl methyl sites for hydroxylation is 2. The highest BCUT2D eigenvalue weighted by molar-refractivity contribution is 7.71. The van der Waals surface area contributed by atoms with E-state index in [1.54, 1.807) is 7.11 Å². The highest BCUT2D eigenvalue weighted by Crippen LogP contribution is 2.26. The molecule has 0 aliphatic carbocycles. The van der Waals surface area contributed by atoms with Gasteiger partial charge in [0.05, 0.1) is 12.8 Å². The van der Waals surface area contributed by atoms with Gasteiger partial charge in [-0.3, -0.25) is 0 Å². The Labute approximate surface area is 112 Å². The molecular formula is C14H16N2OS. The number of rotatable bonds is 3. The van der Waals surface area contributed by atoms with Gasteiger partial charge in [0.1, 0.15) is 5.75 Å². The van der Waals surface area contributed by atoms with Gasteiger partial charge < -0.3 is 9.72 Å². The Morgan fingerprint density at radius 2 is 2.11 bits per heavy atom. The molecular weight excluding hydrogens is 244 g/mol. The lowest BCUT2D eigenvalue weighted by Crippen LogP contribution is -1.94. The van der Waals surface area contributed by atoms with Gasteiger partial charge in [0, 0.05) is 11.3 Å². The second-order valence-corrected chi connectivity index (χ2v) is 4.52. The van der Waals surface area contributed by atoms with E-state index in [0.717, 1.165) is 29.1 Å². The monoisotopic (exact) mass is 260 g/mol. The second-order valence-electron chi connectivity index (χ2n) is 4.13. The molecule has 0 spiro atoms. The molecule has 1 aromatic carbocycles. The summed E-state index contributed by atoms with van der Waals surface area (Å²) in [7, 11) is 1.69. The van der Waals surface area contributed by atoms with Crippen LogP contribution in [-0.4, -0.2) is 17.1 Å². The second kappa shape index (κ2) is 5.31. The van der Waals surface area contributed by atoms with Crippen molar-refractivity contribution in [2.45, 2.75) is 20.3 Å². The van der Waals surface area contributed by atoms with E-state index in [-0.39, 0.29) is 0 Å². The quantitative estimate of drug-likeness (QED) is 0.855. The van der Waals surface area contributed by atoms with Gasteiger partial charge >= 0.3 is 0 Å². The van der Waals surface area contributed by atoms with Gasteiger partial charge in [0.15, 0.2) is 4.77 Å². The van der Waals surface area contributed by atoms with Crippen LogP contribution in [0.15, 0.2) is 24.3 Å². The zero-order chi connectivity index (χ0) is 13.1. The average molecular weight is 260 g/mol. The third kappa shape index (κ3) is 2.59. The largest absolute Gasteiger partial charge is 0.496 e. The Balaban J connectivity index is 2.54. The maximum atomic E-state index is 5.33. The molecule has 0 saturated heterocycles. The number of H-pyrrole nitrogens is 1. The first-order valence-electron chi connectivity index (χ1n) is 5.89. The number of hydrogen-bond acceptors (Lipinski definition) is 3. The molecule has 1 N–H and O–H groups in total. The summed E-state index contributed by atoms with van der Waals surface area (Å²) in [6.45, 7) is 4.09. The number of aromatic amines is 1. The molecule has 1 aromatic heterocycles. The molecule has 0 radical (unpaired) electrons. The lowest BCUT2D eigenvalue weighted by atomic mass is 10.0. The van der Waals surface area contributed by atoms with Crippen molar-refractivity contribution in [2.24, 2.45) is 0 Å². The highest BCUT2D eigenvalue weighted by atomic mass is 32.1. The molecule has 0 aliphatic heterocycles. The standard InChI is InChI=1S/C14H16N2OS/c1-4-10-8-11(5-6-13(10)17-3)12-7-9(2)15-14(18)16-12/h5-8H,4H2,1-3H3,(H,15,16,18). The smallest absolute Gasteiger partial charge is 0.197 e. The summed E-state index contributed by atoms with van der Waals surface area (Å²) in [5.74, 6) is 0.916. The number of aromatic nitrogens is 2. The molecule has 0 amide bonds. The van der Waals surface area contributed by atoms with E-state index >= 15 is 0 Å². The molecule has 0 atom stereocenters. The van der Waals surface area contributed by atoms with Crippen molar-refractivity contribution >= 4 is 12.2 Å². The van der Waals surface area contributed by atoms with E-state index in [2.05, 4.69) is 23.0 Å². The topological polar surface area (TPSA) is 37.9 Å². The van der Waals surface area contributed by atoms with E-state index in [0.29, 0.717) is 4.77 Å². The fourth-order valence-corrected chi connectivity index (χ4v) is 2.20. The third-order valence-corrected chi connectivity index (χ3v) is 3.03. The molecule has 2 aromatic rings. The van der Waals surface area contributed by atoms with Gasteiger partial charge in [-0.05, 0) is 55.4 Å². The van der Waals surface area contributed by atoms with Crippen molar-refractivity contribution in [1.29, 1.82) is 0 Å². The van der Waals surface area contributed by atoms with Crippen LogP contribution in [0.2, 0.25) is 0 Å². The van der Waals surface area contributed by atoms with Gasteiger partial charge in [-0.2, -0.15) is 0 Å². The van der Waals surface area contributed by atoms with Crippen LogP contribution in [0.1, 0.15) is 18.2 Å². The minimum atomic E-state index is 0.513. The molecule has 0 bridgehead atoms. The van der Waals surface area contributed by atoms with Crippen molar-refractivity contribution < 1.29 is 4.74 Å². The Bertz CT molecular complexity index is 619. The molecule has 0 aliphatic rings. The van der Waals surface area contributed by atoms with Crippen LogP contribution in [0, 0.1) is 11.7 Å². The Morgan fingerprint density at radius 1 is 1.33 bits per heavy atom. The van der Waals surface area contributed by atoms with Crippen molar-refractivity contribution in [2.75, 3.05) is 7.11 Å². The van der Waals surface area contributed by atoms with Gasteiger partial charge in [-0.25, -0.2) is 4.98 Å². The SMILES string of the molecule is CCc1cc(-c2cc(C)[nH]c(=S)n2)ccc1OC. The fraction of sp³-hybridized carbons (Fsp3) is 0.286. The van der Waals surface area contributed by atoms with Crippen LogP contribution >= 0.6 is 12.2 Å². The van der Waals surface area contributed by atoms with E-state index in [1.807, 2.05) is 25.1 Å². The van der Waals surface area contributed by atoms with Gasteiger partial charge in [-0.15, -0.1) is 0 Å². The van der Waals surface area contributed by atoms with E-state index in [9.17, 15) is 0 Å². The maximum absolute atomic E-state index is 5.33. The first-order valence-corrected chi connectivity index (χ1v) is 6.30. The number of methoxy groups -OCH3 is 1. The Kier molecular flexibility index (Phi) is 3.77. The summed E-state index contributed by atoms with van der Waals surface area (Å²) in [6.07, 6.45) is 0.926. The minimum Gasteiger partial charge on any atom is -0.496 e. The molecule has 2 rings (SSSR count). The van der Waals surface area contributed by atoms with Crippen LogP contribution in [0.25, 0.3) is 11.3 Å². The lowest BCUT2D eigenvalue weighted by Gasteiger charge is -2.09. The zero-order valence-corrected chi connectivity index (χ0v) is 11.6. The summed E-state index contributed by atoms with van der Waals surface area (Å²) in [5.41, 5.74) is 4.15. The van der Waals surface area contributed by atoms with Crippen LogP contribution in [0.5, 0.6) is 5.75 Å². The van der Waals surface area contributed by atoms with Gasteiger partial charge in [-0.1, -0.05) is 6.92 Å². The number of nitrogens with zero attached hydrogens (tertiary/aromatic N) is 1. The summed E-state index contributed by atoms with van der Waals surface area (Å²) in [5, 5.41) is 0. The number of ether oxygens (including phenoxy) is 1. The minimum absolute atomic E-state index is 0.513. The Morgan fingerprint density at radius 3 is 2.72 bits per heavy atom. The average Bonchev–Trinajstić information content (AvgIpc) is 2.36. The number of benzene rings is 1. The number of nitrogens with one attached hydrogen (secondary N) is 1. The summed E-state index contributed by atoms with van der Waals surface area (Å²) in [6, 6.07) is 8.09. The van der Waals surface area contributed by atoms with E-state index < -0.39 is 0 Å². The van der Waals surface area contributed by atoms with Crippen molar-refractivity contribution in [1.82, 2.24) is 9.97 Å². The summed E-state index contributed by atoms with van der Waals surface area (Å²) < 4.78 is 5.84. The summed E-state index contributed by atoms with van der Waals surface area (Å²) in [4.78, 5) is 7.36. The van der Waals surface area contributed by atoms with Crippen molar-refractivity contribution in [3.8, 4) is 17.0 Å². The number of hydrogen-bond donors (Lipinski definition) is 1. The van der Waals surface area contributed by atoms with Crippen LogP contribution < -0.4 is 4.74 Å². The van der Waals surface area contributed by atoms with E-state index in [4.69, 9.17) is 17.0 Å².